The Balaban J connectivity index is 1.49. The maximum absolute atomic E-state index is 13.1. The van der Waals surface area contributed by atoms with Gasteiger partial charge in [0.15, 0.2) is 11.5 Å². The van der Waals surface area contributed by atoms with Crippen molar-refractivity contribution in [2.75, 3.05) is 40.4 Å². The molecule has 9 nitrogen and oxygen atoms in total. The molecule has 1 fully saturated rings. The number of rotatable bonds is 5. The lowest BCUT2D eigenvalue weighted by Crippen LogP contribution is -2.31. The van der Waals surface area contributed by atoms with Crippen LogP contribution < -0.4 is 14.2 Å². The van der Waals surface area contributed by atoms with Gasteiger partial charge < -0.3 is 19.1 Å². The number of amides is 1. The van der Waals surface area contributed by atoms with E-state index in [9.17, 15) is 13.2 Å². The van der Waals surface area contributed by atoms with Crippen LogP contribution in [0.25, 0.3) is 0 Å². The fourth-order valence-corrected chi connectivity index (χ4v) is 4.89. The number of carbonyl (C=O) groups is 1. The highest BCUT2D eigenvalue weighted by Gasteiger charge is 2.35. The first-order valence-corrected chi connectivity index (χ1v) is 11.0. The number of ether oxygens (including phenoxy) is 3. The van der Waals surface area contributed by atoms with Gasteiger partial charge in [-0.05, 0) is 30.7 Å². The maximum atomic E-state index is 13.1. The van der Waals surface area contributed by atoms with Crippen molar-refractivity contribution in [2.24, 2.45) is 0 Å². The van der Waals surface area contributed by atoms with Gasteiger partial charge >= 0.3 is 0 Å². The molecular formula is C20H23N3O6S. The van der Waals surface area contributed by atoms with E-state index < -0.39 is 16.1 Å². The lowest BCUT2D eigenvalue weighted by Gasteiger charge is -2.21. The molecule has 0 bridgehead atoms. The number of hydrogen-bond donors (Lipinski definition) is 0. The van der Waals surface area contributed by atoms with Crippen molar-refractivity contribution in [1.29, 1.82) is 0 Å². The Hall–Kier alpha value is -2.85. The highest BCUT2D eigenvalue weighted by molar-refractivity contribution is 7.89. The third-order valence-electron chi connectivity index (χ3n) is 4.95. The summed E-state index contributed by atoms with van der Waals surface area (Å²) in [6.07, 6.45) is 1.64. The second-order valence-corrected chi connectivity index (χ2v) is 9.19. The smallest absolute Gasteiger partial charge is 0.258 e. The van der Waals surface area contributed by atoms with Crippen LogP contribution in [-0.4, -0.2) is 75.0 Å². The summed E-state index contributed by atoms with van der Waals surface area (Å²) in [5.41, 5.74) is 0.343. The summed E-state index contributed by atoms with van der Waals surface area (Å²) in [7, 11) is -0.417. The van der Waals surface area contributed by atoms with Gasteiger partial charge in [0.05, 0.1) is 11.4 Å². The third kappa shape index (κ3) is 3.92. The molecule has 30 heavy (non-hydrogen) atoms. The first-order valence-electron chi connectivity index (χ1n) is 9.59. The zero-order chi connectivity index (χ0) is 21.3. The van der Waals surface area contributed by atoms with Crippen molar-refractivity contribution in [3.8, 4) is 17.4 Å². The van der Waals surface area contributed by atoms with Gasteiger partial charge in [-0.1, -0.05) is 0 Å². The van der Waals surface area contributed by atoms with Gasteiger partial charge in [-0.15, -0.1) is 0 Å². The molecule has 1 amide bonds. The molecule has 0 radical (unpaired) electrons. The lowest BCUT2D eigenvalue weighted by molar-refractivity contribution is 0.0818. The fourth-order valence-electron chi connectivity index (χ4n) is 3.39. The molecule has 10 heteroatoms. The first-order chi connectivity index (χ1) is 14.4. The summed E-state index contributed by atoms with van der Waals surface area (Å²) in [6.45, 7) is 1.30. The van der Waals surface area contributed by atoms with Crippen LogP contribution in [0, 0.1) is 0 Å². The maximum Gasteiger partial charge on any atom is 0.258 e. The number of sulfonamides is 1. The quantitative estimate of drug-likeness (QED) is 0.703. The van der Waals surface area contributed by atoms with Crippen molar-refractivity contribution in [3.63, 3.8) is 0 Å². The number of fused-ring (bicyclic) bond motifs is 1. The lowest BCUT2D eigenvalue weighted by atomic mass is 10.2. The Morgan fingerprint density at radius 1 is 1.20 bits per heavy atom. The Bertz CT molecular complexity index is 1060. The van der Waals surface area contributed by atoms with Gasteiger partial charge in [-0.3, -0.25) is 4.79 Å². The van der Waals surface area contributed by atoms with E-state index in [2.05, 4.69) is 4.98 Å². The van der Waals surface area contributed by atoms with Gasteiger partial charge in [0, 0.05) is 32.9 Å². The van der Waals surface area contributed by atoms with E-state index in [1.165, 1.54) is 21.3 Å². The minimum Gasteiger partial charge on any atom is -0.486 e. The minimum atomic E-state index is -3.72. The number of nitrogens with zero attached hydrogens (tertiary/aromatic N) is 3. The fraction of sp³-hybridized carbons (Fsp3) is 0.400. The standard InChI is InChI=1S/C20H23N3O6S/c1-22(2)20(24)16-4-3-8-21-19(16)29-14-7-9-23(13-14)30(25,26)15-5-6-17-18(12-15)28-11-10-27-17/h3-6,8,12,14H,7,9-11,13H2,1-2H3. The van der Waals surface area contributed by atoms with Crippen LogP contribution in [0.5, 0.6) is 17.4 Å². The number of hydrogen-bond acceptors (Lipinski definition) is 7. The molecule has 2 aliphatic rings. The molecule has 1 aromatic heterocycles. The molecule has 4 rings (SSSR count). The average Bonchev–Trinajstić information content (AvgIpc) is 3.22. The van der Waals surface area contributed by atoms with Crippen molar-refractivity contribution in [2.45, 2.75) is 17.4 Å². The van der Waals surface area contributed by atoms with E-state index in [0.717, 1.165) is 0 Å². The molecule has 0 aliphatic carbocycles. The summed E-state index contributed by atoms with van der Waals surface area (Å²) < 4.78 is 44.4. The van der Waals surface area contributed by atoms with Crippen LogP contribution in [0.2, 0.25) is 0 Å². The molecule has 0 spiro atoms. The van der Waals surface area contributed by atoms with Crippen molar-refractivity contribution >= 4 is 15.9 Å². The van der Waals surface area contributed by atoms with E-state index in [0.29, 0.717) is 43.2 Å². The van der Waals surface area contributed by atoms with E-state index in [-0.39, 0.29) is 23.2 Å². The highest BCUT2D eigenvalue weighted by atomic mass is 32.2. The van der Waals surface area contributed by atoms with Gasteiger partial charge in [0.2, 0.25) is 15.9 Å². The van der Waals surface area contributed by atoms with Crippen LogP contribution >= 0.6 is 0 Å². The normalized spacial score (nSPS) is 18.8. The summed E-state index contributed by atoms with van der Waals surface area (Å²) in [5, 5.41) is 0. The SMILES string of the molecule is CN(C)C(=O)c1cccnc1OC1CCN(S(=O)(=O)c2ccc3c(c2)OCCO3)C1. The molecule has 0 saturated carbocycles. The summed E-state index contributed by atoms with van der Waals surface area (Å²) in [6, 6.07) is 7.92. The molecule has 2 aromatic rings. The van der Waals surface area contributed by atoms with Crippen LogP contribution in [0.4, 0.5) is 0 Å². The first kappa shape index (κ1) is 20.4. The number of aromatic nitrogens is 1. The molecule has 160 valence electrons. The van der Waals surface area contributed by atoms with Crippen LogP contribution in [0.15, 0.2) is 41.4 Å². The van der Waals surface area contributed by atoms with Gasteiger partial charge in [-0.25, -0.2) is 13.4 Å². The van der Waals surface area contributed by atoms with Gasteiger partial charge in [0.1, 0.15) is 24.9 Å². The summed E-state index contributed by atoms with van der Waals surface area (Å²) in [4.78, 5) is 18.1. The summed E-state index contributed by atoms with van der Waals surface area (Å²) in [5.74, 6) is 0.947. The van der Waals surface area contributed by atoms with E-state index in [1.54, 1.807) is 38.5 Å². The predicted molar refractivity (Wildman–Crippen MR) is 107 cm³/mol. The Morgan fingerprint density at radius 2 is 1.97 bits per heavy atom. The number of pyridine rings is 1. The van der Waals surface area contributed by atoms with Crippen molar-refractivity contribution in [3.05, 3.63) is 42.1 Å². The molecule has 1 saturated heterocycles. The van der Waals surface area contributed by atoms with Crippen LogP contribution in [0.3, 0.4) is 0 Å². The monoisotopic (exact) mass is 433 g/mol. The second kappa shape index (κ2) is 8.11. The molecule has 0 N–H and O–H groups in total. The Morgan fingerprint density at radius 3 is 2.73 bits per heavy atom. The van der Waals surface area contributed by atoms with Crippen molar-refractivity contribution < 1.29 is 27.4 Å². The molecular weight excluding hydrogens is 410 g/mol. The molecule has 3 heterocycles. The number of carbonyl (C=O) groups excluding carboxylic acids is 1. The van der Waals surface area contributed by atoms with E-state index in [4.69, 9.17) is 14.2 Å². The zero-order valence-electron chi connectivity index (χ0n) is 16.8. The van der Waals surface area contributed by atoms with Crippen LogP contribution in [0.1, 0.15) is 16.8 Å². The molecule has 2 aliphatic heterocycles. The average molecular weight is 433 g/mol. The largest absolute Gasteiger partial charge is 0.486 e. The predicted octanol–water partition coefficient (Wildman–Crippen LogP) is 1.40. The zero-order valence-corrected chi connectivity index (χ0v) is 17.6. The van der Waals surface area contributed by atoms with E-state index in [1.807, 2.05) is 0 Å². The number of benzene rings is 1. The van der Waals surface area contributed by atoms with Gasteiger partial charge in [0.25, 0.3) is 5.91 Å². The Labute approximate surface area is 175 Å². The van der Waals surface area contributed by atoms with Gasteiger partial charge in [-0.2, -0.15) is 4.31 Å². The summed E-state index contributed by atoms with van der Waals surface area (Å²) >= 11 is 0. The Kier molecular flexibility index (Phi) is 5.52. The minimum absolute atomic E-state index is 0.147. The van der Waals surface area contributed by atoms with Crippen LogP contribution in [-0.2, 0) is 10.0 Å². The van der Waals surface area contributed by atoms with E-state index >= 15 is 0 Å². The van der Waals surface area contributed by atoms with Crippen molar-refractivity contribution in [1.82, 2.24) is 14.2 Å². The molecule has 1 aromatic carbocycles. The molecule has 1 unspecified atom stereocenters. The second-order valence-electron chi connectivity index (χ2n) is 7.25. The topological polar surface area (TPSA) is 98.3 Å². The third-order valence-corrected chi connectivity index (χ3v) is 6.81. The molecule has 1 atom stereocenters. The highest BCUT2D eigenvalue weighted by Crippen LogP contribution is 2.34.